The Bertz CT molecular complexity index is 830. The van der Waals surface area contributed by atoms with Crippen LogP contribution in [0.5, 0.6) is 0 Å². The lowest BCUT2D eigenvalue weighted by Gasteiger charge is -2.36. The average molecular weight is 361 g/mol. The van der Waals surface area contributed by atoms with Gasteiger partial charge in [-0.1, -0.05) is 80.8 Å². The molecule has 27 heavy (non-hydrogen) atoms. The van der Waals surface area contributed by atoms with Crippen molar-refractivity contribution < 1.29 is 4.79 Å². The first-order valence-corrected chi connectivity index (χ1v) is 10.2. The van der Waals surface area contributed by atoms with Crippen LogP contribution in [0.15, 0.2) is 60.2 Å². The second-order valence-electron chi connectivity index (χ2n) is 7.67. The molecule has 3 heteroatoms. The average Bonchev–Trinajstić information content (AvgIpc) is 2.98. The van der Waals surface area contributed by atoms with E-state index in [1.54, 1.807) is 0 Å². The lowest BCUT2D eigenvalue weighted by atomic mass is 9.76. The minimum atomic E-state index is -0.134. The molecule has 0 radical (unpaired) electrons. The zero-order chi connectivity index (χ0) is 18.7. The van der Waals surface area contributed by atoms with Crippen molar-refractivity contribution in [3.8, 4) is 11.1 Å². The van der Waals surface area contributed by atoms with Gasteiger partial charge in [0.15, 0.2) is 0 Å². The number of carbonyl (C=O) groups excluding carboxylic acids is 1. The van der Waals surface area contributed by atoms with Gasteiger partial charge in [-0.2, -0.15) is 0 Å². The highest BCUT2D eigenvalue weighted by molar-refractivity contribution is 6.23. The van der Waals surface area contributed by atoms with Gasteiger partial charge < -0.3 is 10.6 Å². The maximum atomic E-state index is 13.0. The third-order valence-corrected chi connectivity index (χ3v) is 6.00. The van der Waals surface area contributed by atoms with Crippen LogP contribution in [-0.4, -0.2) is 24.5 Å². The molecular formula is C24H28N2O. The van der Waals surface area contributed by atoms with E-state index in [0.29, 0.717) is 0 Å². The van der Waals surface area contributed by atoms with Gasteiger partial charge in [-0.15, -0.1) is 0 Å². The molecule has 2 N–H and O–H groups in total. The van der Waals surface area contributed by atoms with Gasteiger partial charge in [-0.05, 0) is 41.6 Å². The maximum Gasteiger partial charge on any atom is 0.252 e. The van der Waals surface area contributed by atoms with E-state index >= 15 is 0 Å². The molecule has 1 fully saturated rings. The summed E-state index contributed by atoms with van der Waals surface area (Å²) in [5, 5.41) is 6.84. The second-order valence-corrected chi connectivity index (χ2v) is 7.67. The Balaban J connectivity index is 1.72. The molecule has 1 amide bonds. The Hall–Kier alpha value is -2.39. The summed E-state index contributed by atoms with van der Waals surface area (Å²) < 4.78 is 0. The van der Waals surface area contributed by atoms with Gasteiger partial charge in [-0.3, -0.25) is 4.79 Å². The van der Waals surface area contributed by atoms with Crippen molar-refractivity contribution >= 4 is 11.5 Å². The first kappa shape index (κ1) is 18.0. The summed E-state index contributed by atoms with van der Waals surface area (Å²) >= 11 is 0. The molecule has 1 saturated carbocycles. The number of hydrogen-bond donors (Lipinski definition) is 2. The number of likely N-dealkylation sites (N-methyl/N-ethyl adjacent to an activating group) is 1. The standard InChI is InChI=1S/C24H28N2O/c1-2-25-17-21-22(23(27)26-24(21)15-7-4-8-16-24)20-13-11-19(12-14-20)18-9-5-3-6-10-18/h3,5-6,9-14,25H,2,4,7-8,15-17H2,1H3,(H,26,27). The maximum absolute atomic E-state index is 13.0. The minimum absolute atomic E-state index is 0.0947. The highest BCUT2D eigenvalue weighted by atomic mass is 16.2. The van der Waals surface area contributed by atoms with E-state index in [2.05, 4.69) is 66.1 Å². The first-order chi connectivity index (χ1) is 13.2. The summed E-state index contributed by atoms with van der Waals surface area (Å²) in [6, 6.07) is 18.8. The molecule has 0 unspecified atom stereocenters. The van der Waals surface area contributed by atoms with Crippen LogP contribution in [-0.2, 0) is 4.79 Å². The molecule has 1 spiro atoms. The second kappa shape index (κ2) is 7.69. The van der Waals surface area contributed by atoms with Crippen LogP contribution in [0.2, 0.25) is 0 Å². The molecule has 0 bridgehead atoms. The molecule has 1 aliphatic heterocycles. The largest absolute Gasteiger partial charge is 0.343 e. The Morgan fingerprint density at radius 1 is 0.889 bits per heavy atom. The normalized spacial score (nSPS) is 18.8. The molecule has 0 saturated heterocycles. The van der Waals surface area contributed by atoms with Gasteiger partial charge >= 0.3 is 0 Å². The fraction of sp³-hybridized carbons (Fsp3) is 0.375. The van der Waals surface area contributed by atoms with E-state index in [9.17, 15) is 4.79 Å². The predicted octanol–water partition coefficient (Wildman–Crippen LogP) is 4.55. The molecule has 2 aromatic rings. The third kappa shape index (κ3) is 3.44. The Kier molecular flexibility index (Phi) is 5.13. The lowest BCUT2D eigenvalue weighted by Crippen LogP contribution is -2.47. The number of rotatable bonds is 5. The van der Waals surface area contributed by atoms with Crippen LogP contribution in [0.25, 0.3) is 16.7 Å². The highest BCUT2D eigenvalue weighted by Crippen LogP contribution is 2.42. The van der Waals surface area contributed by atoms with Crippen LogP contribution in [0.3, 0.4) is 0 Å². The lowest BCUT2D eigenvalue weighted by molar-refractivity contribution is -0.116. The van der Waals surface area contributed by atoms with Gasteiger partial charge in [0, 0.05) is 12.1 Å². The predicted molar refractivity (Wildman–Crippen MR) is 111 cm³/mol. The van der Waals surface area contributed by atoms with E-state index in [0.717, 1.165) is 37.1 Å². The van der Waals surface area contributed by atoms with Gasteiger partial charge in [0.1, 0.15) is 0 Å². The summed E-state index contributed by atoms with van der Waals surface area (Å²) in [4.78, 5) is 13.0. The zero-order valence-electron chi connectivity index (χ0n) is 16.1. The molecule has 140 valence electrons. The Morgan fingerprint density at radius 2 is 1.52 bits per heavy atom. The Morgan fingerprint density at radius 3 is 2.19 bits per heavy atom. The number of carbonyl (C=O) groups is 1. The van der Waals surface area contributed by atoms with Crippen molar-refractivity contribution in [2.24, 2.45) is 0 Å². The number of amides is 1. The van der Waals surface area contributed by atoms with Crippen LogP contribution < -0.4 is 10.6 Å². The first-order valence-electron chi connectivity index (χ1n) is 10.2. The number of benzene rings is 2. The molecule has 0 atom stereocenters. The van der Waals surface area contributed by atoms with Gasteiger partial charge in [0.2, 0.25) is 0 Å². The van der Waals surface area contributed by atoms with Crippen molar-refractivity contribution in [2.75, 3.05) is 13.1 Å². The van der Waals surface area contributed by atoms with E-state index in [-0.39, 0.29) is 11.4 Å². The van der Waals surface area contributed by atoms with Crippen LogP contribution in [0.4, 0.5) is 0 Å². The summed E-state index contributed by atoms with van der Waals surface area (Å²) in [6.07, 6.45) is 5.77. The monoisotopic (exact) mass is 360 g/mol. The summed E-state index contributed by atoms with van der Waals surface area (Å²) in [5.74, 6) is 0.0947. The van der Waals surface area contributed by atoms with Crippen LogP contribution >= 0.6 is 0 Å². The smallest absolute Gasteiger partial charge is 0.252 e. The molecule has 2 aromatic carbocycles. The SMILES string of the molecule is CCNCC1=C(c2ccc(-c3ccccc3)cc2)C(=O)NC12CCCCC2. The molecule has 4 rings (SSSR count). The number of nitrogens with one attached hydrogen (secondary N) is 2. The molecule has 2 aliphatic rings. The van der Waals surface area contributed by atoms with E-state index in [1.165, 1.54) is 36.0 Å². The summed E-state index contributed by atoms with van der Waals surface area (Å²) in [5.41, 5.74) is 5.43. The summed E-state index contributed by atoms with van der Waals surface area (Å²) in [6.45, 7) is 3.81. The molecule has 1 heterocycles. The summed E-state index contributed by atoms with van der Waals surface area (Å²) in [7, 11) is 0. The van der Waals surface area contributed by atoms with E-state index in [4.69, 9.17) is 0 Å². The fourth-order valence-electron chi connectivity index (χ4n) is 4.59. The highest BCUT2D eigenvalue weighted by Gasteiger charge is 2.45. The molecule has 1 aliphatic carbocycles. The van der Waals surface area contributed by atoms with Crippen molar-refractivity contribution in [3.63, 3.8) is 0 Å². The molecule has 3 nitrogen and oxygen atoms in total. The van der Waals surface area contributed by atoms with Crippen molar-refractivity contribution in [1.29, 1.82) is 0 Å². The van der Waals surface area contributed by atoms with Gasteiger partial charge in [-0.25, -0.2) is 0 Å². The van der Waals surface area contributed by atoms with Gasteiger partial charge in [0.05, 0.1) is 5.54 Å². The quantitative estimate of drug-likeness (QED) is 0.821. The van der Waals surface area contributed by atoms with Crippen LogP contribution in [0, 0.1) is 0 Å². The van der Waals surface area contributed by atoms with Crippen LogP contribution in [0.1, 0.15) is 44.6 Å². The fourth-order valence-corrected chi connectivity index (χ4v) is 4.59. The number of hydrogen-bond acceptors (Lipinski definition) is 2. The van der Waals surface area contributed by atoms with Crippen molar-refractivity contribution in [1.82, 2.24) is 10.6 Å². The zero-order valence-corrected chi connectivity index (χ0v) is 16.1. The third-order valence-electron chi connectivity index (χ3n) is 6.00. The topological polar surface area (TPSA) is 41.1 Å². The molecule has 0 aromatic heterocycles. The molecular weight excluding hydrogens is 332 g/mol. The van der Waals surface area contributed by atoms with Gasteiger partial charge in [0.25, 0.3) is 5.91 Å². The van der Waals surface area contributed by atoms with E-state index in [1.807, 2.05) is 6.07 Å². The van der Waals surface area contributed by atoms with Crippen molar-refractivity contribution in [3.05, 3.63) is 65.7 Å². The van der Waals surface area contributed by atoms with E-state index < -0.39 is 0 Å². The van der Waals surface area contributed by atoms with Crippen molar-refractivity contribution in [2.45, 2.75) is 44.6 Å². The minimum Gasteiger partial charge on any atom is -0.343 e. The Labute approximate surface area is 161 Å².